The van der Waals surface area contributed by atoms with Crippen LogP contribution in [0.25, 0.3) is 10.2 Å². The largest absolute Gasteiger partial charge is 0.494 e. The fourth-order valence-corrected chi connectivity index (χ4v) is 3.41. The van der Waals surface area contributed by atoms with E-state index in [0.717, 1.165) is 22.3 Å². The Morgan fingerprint density at radius 3 is 2.56 bits per heavy atom. The monoisotopic (exact) mass is 395 g/mol. The molecule has 1 amide bonds. The number of hydrogen-bond donors (Lipinski definition) is 1. The number of para-hydroxylation sites is 1. The van der Waals surface area contributed by atoms with Gasteiger partial charge in [-0.05, 0) is 36.4 Å². The zero-order valence-corrected chi connectivity index (χ0v) is 15.3. The second-order valence-corrected chi connectivity index (χ2v) is 6.79. The quantitative estimate of drug-likeness (QED) is 0.696. The molecule has 0 unspecified atom stereocenters. The Hall–Kier alpha value is -2.81. The maximum Gasteiger partial charge on any atom is 0.416 e. The summed E-state index contributed by atoms with van der Waals surface area (Å²) in [6, 6.07) is 9.89. The van der Waals surface area contributed by atoms with Crippen molar-refractivity contribution in [3.8, 4) is 5.75 Å². The molecule has 1 N–H and O–H groups in total. The summed E-state index contributed by atoms with van der Waals surface area (Å²) in [6.07, 6.45) is -4.41. The SMILES string of the molecule is COc1cccc2sc(N(C)CC(=O)Nc3ccc(C(F)(F)F)cc3)nc12. The van der Waals surface area contributed by atoms with E-state index in [2.05, 4.69) is 10.3 Å². The summed E-state index contributed by atoms with van der Waals surface area (Å²) < 4.78 is 43.9. The van der Waals surface area contributed by atoms with Crippen molar-refractivity contribution in [2.24, 2.45) is 0 Å². The van der Waals surface area contributed by atoms with Crippen molar-refractivity contribution < 1.29 is 22.7 Å². The number of likely N-dealkylation sites (N-methyl/N-ethyl adjacent to an activating group) is 1. The standard InChI is InChI=1S/C18H16F3N3O2S/c1-24(17-23-16-13(26-2)4-3-5-14(16)27-17)10-15(25)22-12-8-6-11(7-9-12)18(19,20)21/h3-9H,10H2,1-2H3,(H,22,25). The van der Waals surface area contributed by atoms with E-state index in [-0.39, 0.29) is 12.5 Å². The maximum atomic E-state index is 12.6. The molecule has 3 aromatic rings. The van der Waals surface area contributed by atoms with Crippen LogP contribution in [0.1, 0.15) is 5.56 Å². The molecule has 0 aliphatic heterocycles. The van der Waals surface area contributed by atoms with Crippen LogP contribution in [0.4, 0.5) is 24.0 Å². The molecule has 5 nitrogen and oxygen atoms in total. The Morgan fingerprint density at radius 2 is 1.93 bits per heavy atom. The number of carbonyl (C=O) groups excluding carboxylic acids is 1. The number of carbonyl (C=O) groups is 1. The summed E-state index contributed by atoms with van der Waals surface area (Å²) in [5, 5.41) is 3.22. The molecular formula is C18H16F3N3O2S. The molecule has 0 saturated heterocycles. The number of nitrogens with zero attached hydrogens (tertiary/aromatic N) is 2. The molecule has 142 valence electrons. The molecule has 1 heterocycles. The second kappa shape index (κ2) is 7.43. The minimum atomic E-state index is -4.41. The Morgan fingerprint density at radius 1 is 1.22 bits per heavy atom. The van der Waals surface area contributed by atoms with Crippen molar-refractivity contribution in [3.05, 3.63) is 48.0 Å². The van der Waals surface area contributed by atoms with Crippen molar-refractivity contribution in [1.29, 1.82) is 0 Å². The summed E-state index contributed by atoms with van der Waals surface area (Å²) in [5.41, 5.74) is 0.253. The Bertz CT molecular complexity index is 955. The summed E-state index contributed by atoms with van der Waals surface area (Å²) in [4.78, 5) is 18.4. The van der Waals surface area contributed by atoms with Crippen LogP contribution in [-0.2, 0) is 11.0 Å². The van der Waals surface area contributed by atoms with Gasteiger partial charge in [-0.2, -0.15) is 13.2 Å². The summed E-state index contributed by atoms with van der Waals surface area (Å²) >= 11 is 1.42. The summed E-state index contributed by atoms with van der Waals surface area (Å²) in [5.74, 6) is 0.293. The lowest BCUT2D eigenvalue weighted by molar-refractivity contribution is -0.137. The van der Waals surface area contributed by atoms with Gasteiger partial charge in [0, 0.05) is 12.7 Å². The van der Waals surface area contributed by atoms with Gasteiger partial charge in [0.1, 0.15) is 11.3 Å². The van der Waals surface area contributed by atoms with Crippen LogP contribution in [-0.4, -0.2) is 31.6 Å². The molecule has 9 heteroatoms. The third-order valence-corrected chi connectivity index (χ3v) is 4.93. The van der Waals surface area contributed by atoms with Gasteiger partial charge in [-0.3, -0.25) is 4.79 Å². The fourth-order valence-electron chi connectivity index (χ4n) is 2.47. The van der Waals surface area contributed by atoms with Gasteiger partial charge in [-0.25, -0.2) is 4.98 Å². The molecule has 3 rings (SSSR count). The zero-order valence-electron chi connectivity index (χ0n) is 14.5. The molecule has 0 aliphatic carbocycles. The van der Waals surface area contributed by atoms with Crippen LogP contribution in [0.15, 0.2) is 42.5 Å². The smallest absolute Gasteiger partial charge is 0.416 e. The van der Waals surface area contributed by atoms with Gasteiger partial charge in [0.15, 0.2) is 5.13 Å². The van der Waals surface area contributed by atoms with E-state index < -0.39 is 11.7 Å². The van der Waals surface area contributed by atoms with E-state index in [1.54, 1.807) is 19.1 Å². The van der Waals surface area contributed by atoms with E-state index >= 15 is 0 Å². The van der Waals surface area contributed by atoms with Crippen LogP contribution in [0.3, 0.4) is 0 Å². The second-order valence-electron chi connectivity index (χ2n) is 5.78. The number of hydrogen-bond acceptors (Lipinski definition) is 5. The third-order valence-electron chi connectivity index (χ3n) is 3.79. The van der Waals surface area contributed by atoms with E-state index in [0.29, 0.717) is 16.6 Å². The summed E-state index contributed by atoms with van der Waals surface area (Å²) in [7, 11) is 3.28. The highest BCUT2D eigenvalue weighted by atomic mass is 32.1. The van der Waals surface area contributed by atoms with Gasteiger partial charge in [-0.1, -0.05) is 17.4 Å². The number of halogens is 3. The molecule has 0 radical (unpaired) electrons. The topological polar surface area (TPSA) is 54.5 Å². The molecule has 0 saturated carbocycles. The highest BCUT2D eigenvalue weighted by molar-refractivity contribution is 7.22. The highest BCUT2D eigenvalue weighted by Crippen LogP contribution is 2.33. The van der Waals surface area contributed by atoms with Crippen molar-refractivity contribution in [3.63, 3.8) is 0 Å². The number of ether oxygens (including phenoxy) is 1. The number of anilines is 2. The third kappa shape index (κ3) is 4.30. The lowest BCUT2D eigenvalue weighted by atomic mass is 10.2. The molecule has 0 fully saturated rings. The lowest BCUT2D eigenvalue weighted by Gasteiger charge is -2.15. The van der Waals surface area contributed by atoms with Gasteiger partial charge in [0.25, 0.3) is 0 Å². The van der Waals surface area contributed by atoms with Gasteiger partial charge in [0.2, 0.25) is 5.91 Å². The summed E-state index contributed by atoms with van der Waals surface area (Å²) in [6.45, 7) is 0.00313. The van der Waals surface area contributed by atoms with Gasteiger partial charge in [0.05, 0.1) is 23.9 Å². The number of rotatable bonds is 5. The number of nitrogens with one attached hydrogen (secondary N) is 1. The minimum Gasteiger partial charge on any atom is -0.494 e. The van der Waals surface area contributed by atoms with Gasteiger partial charge in [-0.15, -0.1) is 0 Å². The molecular weight excluding hydrogens is 379 g/mol. The molecule has 0 bridgehead atoms. The first-order chi connectivity index (χ1) is 12.8. The van der Waals surface area contributed by atoms with Crippen molar-refractivity contribution in [2.75, 3.05) is 30.9 Å². The van der Waals surface area contributed by atoms with Crippen LogP contribution in [0.2, 0.25) is 0 Å². The predicted molar refractivity (Wildman–Crippen MR) is 99.5 cm³/mol. The molecule has 27 heavy (non-hydrogen) atoms. The predicted octanol–water partition coefficient (Wildman–Crippen LogP) is 4.40. The molecule has 0 atom stereocenters. The van der Waals surface area contributed by atoms with Crippen molar-refractivity contribution in [2.45, 2.75) is 6.18 Å². The van der Waals surface area contributed by atoms with E-state index in [1.807, 2.05) is 18.2 Å². The molecule has 0 spiro atoms. The number of benzene rings is 2. The van der Waals surface area contributed by atoms with Crippen molar-refractivity contribution >= 4 is 38.3 Å². The Labute approximate surface area is 157 Å². The number of alkyl halides is 3. The molecule has 2 aromatic carbocycles. The first kappa shape index (κ1) is 19.0. The first-order valence-corrected chi connectivity index (χ1v) is 8.71. The van der Waals surface area contributed by atoms with Crippen molar-refractivity contribution in [1.82, 2.24) is 4.98 Å². The fraction of sp³-hybridized carbons (Fsp3) is 0.222. The Balaban J connectivity index is 1.67. The van der Waals surface area contributed by atoms with Crippen LogP contribution >= 0.6 is 11.3 Å². The first-order valence-electron chi connectivity index (χ1n) is 7.89. The van der Waals surface area contributed by atoms with E-state index in [1.165, 1.54) is 23.5 Å². The van der Waals surface area contributed by atoms with Crippen LogP contribution < -0.4 is 15.0 Å². The normalized spacial score (nSPS) is 11.4. The Kier molecular flexibility index (Phi) is 5.22. The lowest BCUT2D eigenvalue weighted by Crippen LogP contribution is -2.29. The van der Waals surface area contributed by atoms with E-state index in [4.69, 9.17) is 4.74 Å². The zero-order chi connectivity index (χ0) is 19.6. The average molecular weight is 395 g/mol. The van der Waals surface area contributed by atoms with Crippen LogP contribution in [0, 0.1) is 0 Å². The molecule has 0 aliphatic rings. The van der Waals surface area contributed by atoms with Crippen LogP contribution in [0.5, 0.6) is 5.75 Å². The minimum absolute atomic E-state index is 0.00313. The van der Waals surface area contributed by atoms with E-state index in [9.17, 15) is 18.0 Å². The highest BCUT2D eigenvalue weighted by Gasteiger charge is 2.30. The average Bonchev–Trinajstić information content (AvgIpc) is 3.05. The molecule has 1 aromatic heterocycles. The number of amides is 1. The number of methoxy groups -OCH3 is 1. The van der Waals surface area contributed by atoms with Gasteiger partial charge >= 0.3 is 6.18 Å². The number of fused-ring (bicyclic) bond motifs is 1. The maximum absolute atomic E-state index is 12.6. The number of thiazole rings is 1. The number of aromatic nitrogens is 1. The van der Waals surface area contributed by atoms with Gasteiger partial charge < -0.3 is 15.0 Å².